The van der Waals surface area contributed by atoms with Crippen LogP contribution in [-0.4, -0.2) is 12.2 Å². The number of aryl methyl sites for hydroxylation is 2. The van der Waals surface area contributed by atoms with Crippen LogP contribution in [0.2, 0.25) is 0 Å². The Morgan fingerprint density at radius 3 is 2.22 bits per heavy atom. The highest BCUT2D eigenvalue weighted by molar-refractivity contribution is 7.80. The highest BCUT2D eigenvalue weighted by atomic mass is 32.1. The van der Waals surface area contributed by atoms with Gasteiger partial charge in [0.25, 0.3) is 0 Å². The van der Waals surface area contributed by atoms with Gasteiger partial charge in [-0.1, -0.05) is 25.1 Å². The van der Waals surface area contributed by atoms with Crippen LogP contribution in [0.5, 0.6) is 5.75 Å². The molecule has 0 spiro atoms. The van der Waals surface area contributed by atoms with E-state index in [1.165, 1.54) is 16.7 Å². The summed E-state index contributed by atoms with van der Waals surface area (Å²) in [5.74, 6) is 0.861. The molecule has 0 saturated heterocycles. The minimum absolute atomic E-state index is 0.173. The van der Waals surface area contributed by atoms with Gasteiger partial charge in [-0.05, 0) is 73.4 Å². The molecule has 0 radical (unpaired) electrons. The Hall–Kier alpha value is -2.07. The maximum atomic E-state index is 5.47. The van der Waals surface area contributed by atoms with E-state index < -0.39 is 0 Å². The van der Waals surface area contributed by atoms with Gasteiger partial charge in [-0.25, -0.2) is 0 Å². The maximum absolute atomic E-state index is 5.47. The molecule has 2 rings (SSSR count). The molecule has 0 aliphatic carbocycles. The van der Waals surface area contributed by atoms with Crippen LogP contribution >= 0.6 is 12.2 Å². The first-order valence-electron chi connectivity index (χ1n) is 7.81. The fraction of sp³-hybridized carbons (Fsp3) is 0.316. The largest absolute Gasteiger partial charge is 0.497 e. The lowest BCUT2D eigenvalue weighted by molar-refractivity contribution is 0.414. The molecule has 2 N–H and O–H groups in total. The molecule has 0 fully saturated rings. The molecule has 0 bridgehead atoms. The summed E-state index contributed by atoms with van der Waals surface area (Å²) in [6.45, 7) is 6.31. The van der Waals surface area contributed by atoms with Crippen LogP contribution in [0.25, 0.3) is 0 Å². The molecule has 2 aromatic carbocycles. The SMILES string of the molecule is CCC(NC(=S)Nc1cc(C)cc(C)c1)c1ccc(OC)cc1. The van der Waals surface area contributed by atoms with Crippen LogP contribution in [0, 0.1) is 13.8 Å². The second-order valence-electron chi connectivity index (χ2n) is 5.71. The summed E-state index contributed by atoms with van der Waals surface area (Å²) in [5, 5.41) is 7.30. The van der Waals surface area contributed by atoms with Crippen molar-refractivity contribution < 1.29 is 4.74 Å². The number of nitrogens with one attached hydrogen (secondary N) is 2. The fourth-order valence-electron chi connectivity index (χ4n) is 2.63. The number of hydrogen-bond donors (Lipinski definition) is 2. The first kappa shape index (κ1) is 17.3. The third kappa shape index (κ3) is 4.96. The van der Waals surface area contributed by atoms with Crippen molar-refractivity contribution in [1.29, 1.82) is 0 Å². The number of anilines is 1. The van der Waals surface area contributed by atoms with Crippen molar-refractivity contribution in [2.45, 2.75) is 33.2 Å². The van der Waals surface area contributed by atoms with E-state index in [1.54, 1.807) is 7.11 Å². The van der Waals surface area contributed by atoms with E-state index in [9.17, 15) is 0 Å². The molecule has 1 atom stereocenters. The van der Waals surface area contributed by atoms with Crippen molar-refractivity contribution in [3.8, 4) is 5.75 Å². The highest BCUT2D eigenvalue weighted by Crippen LogP contribution is 2.20. The summed E-state index contributed by atoms with van der Waals surface area (Å²) in [5.41, 5.74) is 4.65. The Labute approximate surface area is 144 Å². The third-order valence-corrected chi connectivity index (χ3v) is 3.93. The van der Waals surface area contributed by atoms with E-state index in [-0.39, 0.29) is 6.04 Å². The van der Waals surface area contributed by atoms with Crippen LogP contribution in [0.1, 0.15) is 36.1 Å². The standard InChI is InChI=1S/C19H24N2OS/c1-5-18(15-6-8-17(22-4)9-7-15)21-19(23)20-16-11-13(2)10-14(3)12-16/h6-12,18H,5H2,1-4H3,(H2,20,21,23). The predicted octanol–water partition coefficient (Wildman–Crippen LogP) is 4.75. The average Bonchev–Trinajstić information content (AvgIpc) is 2.51. The molecule has 0 aromatic heterocycles. The first-order valence-corrected chi connectivity index (χ1v) is 8.22. The fourth-order valence-corrected chi connectivity index (χ4v) is 2.89. The molecule has 23 heavy (non-hydrogen) atoms. The molecular weight excluding hydrogens is 304 g/mol. The third-order valence-electron chi connectivity index (χ3n) is 3.71. The Morgan fingerprint density at radius 2 is 1.70 bits per heavy atom. The van der Waals surface area contributed by atoms with Crippen LogP contribution in [-0.2, 0) is 0 Å². The van der Waals surface area contributed by atoms with Crippen molar-refractivity contribution in [3.05, 3.63) is 59.2 Å². The Bertz CT molecular complexity index is 647. The molecule has 0 amide bonds. The van der Waals surface area contributed by atoms with Crippen molar-refractivity contribution in [2.24, 2.45) is 0 Å². The first-order chi connectivity index (χ1) is 11.0. The van der Waals surface area contributed by atoms with Gasteiger partial charge in [0.2, 0.25) is 0 Å². The number of thiocarbonyl (C=S) groups is 1. The lowest BCUT2D eigenvalue weighted by Crippen LogP contribution is -2.32. The molecule has 0 saturated carbocycles. The van der Waals surface area contributed by atoms with E-state index in [0.717, 1.165) is 17.9 Å². The number of methoxy groups -OCH3 is 1. The van der Waals surface area contributed by atoms with E-state index in [0.29, 0.717) is 5.11 Å². The molecular formula is C19H24N2OS. The summed E-state index contributed by atoms with van der Waals surface area (Å²) < 4.78 is 5.21. The molecule has 1 unspecified atom stereocenters. The maximum Gasteiger partial charge on any atom is 0.171 e. The minimum Gasteiger partial charge on any atom is -0.497 e. The van der Waals surface area contributed by atoms with Crippen LogP contribution < -0.4 is 15.4 Å². The molecule has 122 valence electrons. The number of benzene rings is 2. The van der Waals surface area contributed by atoms with E-state index in [4.69, 9.17) is 17.0 Å². The summed E-state index contributed by atoms with van der Waals surface area (Å²) in [6.07, 6.45) is 0.945. The Kier molecular flexibility index (Phi) is 5.99. The second kappa shape index (κ2) is 7.97. The molecule has 3 nitrogen and oxygen atoms in total. The molecule has 2 aromatic rings. The van der Waals surface area contributed by atoms with Crippen molar-refractivity contribution in [2.75, 3.05) is 12.4 Å². The summed E-state index contributed by atoms with van der Waals surface area (Å²) in [6, 6.07) is 14.6. The van der Waals surface area contributed by atoms with Crippen molar-refractivity contribution in [1.82, 2.24) is 5.32 Å². The Balaban J connectivity index is 2.03. The van der Waals surface area contributed by atoms with Gasteiger partial charge in [0.05, 0.1) is 13.2 Å². The smallest absolute Gasteiger partial charge is 0.171 e. The van der Waals surface area contributed by atoms with Crippen LogP contribution in [0.15, 0.2) is 42.5 Å². The quantitative estimate of drug-likeness (QED) is 0.776. The van der Waals surface area contributed by atoms with E-state index in [2.05, 4.69) is 61.7 Å². The summed E-state index contributed by atoms with van der Waals surface area (Å²) in [7, 11) is 1.67. The van der Waals surface area contributed by atoms with Gasteiger partial charge in [-0.2, -0.15) is 0 Å². The number of rotatable bonds is 5. The number of hydrogen-bond acceptors (Lipinski definition) is 2. The Morgan fingerprint density at radius 1 is 1.09 bits per heavy atom. The van der Waals surface area contributed by atoms with Crippen molar-refractivity contribution in [3.63, 3.8) is 0 Å². The topological polar surface area (TPSA) is 33.3 Å². The normalized spacial score (nSPS) is 11.7. The van der Waals surface area contributed by atoms with Gasteiger partial charge in [-0.3, -0.25) is 0 Å². The summed E-state index contributed by atoms with van der Waals surface area (Å²) >= 11 is 5.47. The van der Waals surface area contributed by atoms with Crippen LogP contribution in [0.4, 0.5) is 5.69 Å². The van der Waals surface area contributed by atoms with Gasteiger partial charge in [0, 0.05) is 5.69 Å². The van der Waals surface area contributed by atoms with Crippen LogP contribution in [0.3, 0.4) is 0 Å². The minimum atomic E-state index is 0.173. The van der Waals surface area contributed by atoms with Gasteiger partial charge in [-0.15, -0.1) is 0 Å². The van der Waals surface area contributed by atoms with Gasteiger partial charge < -0.3 is 15.4 Å². The second-order valence-corrected chi connectivity index (χ2v) is 6.12. The highest BCUT2D eigenvalue weighted by Gasteiger charge is 2.11. The zero-order valence-corrected chi connectivity index (χ0v) is 15.0. The molecule has 4 heteroatoms. The lowest BCUT2D eigenvalue weighted by Gasteiger charge is -2.20. The zero-order valence-electron chi connectivity index (χ0n) is 14.1. The van der Waals surface area contributed by atoms with Gasteiger partial charge in [0.15, 0.2) is 5.11 Å². The monoisotopic (exact) mass is 328 g/mol. The zero-order chi connectivity index (χ0) is 16.8. The lowest BCUT2D eigenvalue weighted by atomic mass is 10.0. The number of ether oxygens (including phenoxy) is 1. The van der Waals surface area contributed by atoms with E-state index in [1.807, 2.05) is 12.1 Å². The molecule has 0 heterocycles. The van der Waals surface area contributed by atoms with Gasteiger partial charge >= 0.3 is 0 Å². The van der Waals surface area contributed by atoms with E-state index >= 15 is 0 Å². The average molecular weight is 328 g/mol. The molecule has 0 aliphatic heterocycles. The predicted molar refractivity (Wildman–Crippen MR) is 101 cm³/mol. The summed E-state index contributed by atoms with van der Waals surface area (Å²) in [4.78, 5) is 0. The molecule has 0 aliphatic rings. The van der Waals surface area contributed by atoms with Crippen molar-refractivity contribution >= 4 is 23.0 Å². The van der Waals surface area contributed by atoms with Gasteiger partial charge in [0.1, 0.15) is 5.75 Å².